The van der Waals surface area contributed by atoms with Crippen molar-refractivity contribution in [3.05, 3.63) is 24.3 Å². The Balaban J connectivity index is 1.35. The van der Waals surface area contributed by atoms with Crippen LogP contribution in [0.4, 0.5) is 5.69 Å². The Labute approximate surface area is 167 Å². The lowest BCUT2D eigenvalue weighted by molar-refractivity contribution is -0.127. The largest absolute Gasteiger partial charge is 0.497 e. The van der Waals surface area contributed by atoms with E-state index in [2.05, 4.69) is 27.2 Å². The number of hydrogen-bond acceptors (Lipinski definition) is 5. The van der Waals surface area contributed by atoms with E-state index in [1.807, 2.05) is 17.0 Å². The molecule has 1 aromatic carbocycles. The van der Waals surface area contributed by atoms with E-state index in [-0.39, 0.29) is 11.8 Å². The second-order valence-corrected chi connectivity index (χ2v) is 7.50. The summed E-state index contributed by atoms with van der Waals surface area (Å²) < 4.78 is 5.23. The molecule has 28 heavy (non-hydrogen) atoms. The molecular weight excluding hydrogens is 356 g/mol. The van der Waals surface area contributed by atoms with Gasteiger partial charge in [0.25, 0.3) is 0 Å². The molecule has 2 saturated heterocycles. The van der Waals surface area contributed by atoms with Crippen LogP contribution in [0.3, 0.4) is 0 Å². The number of nitrogens with zero attached hydrogens (tertiary/aromatic N) is 3. The number of benzene rings is 1. The van der Waals surface area contributed by atoms with Crippen molar-refractivity contribution >= 4 is 17.5 Å². The van der Waals surface area contributed by atoms with Gasteiger partial charge in [-0.1, -0.05) is 0 Å². The fraction of sp³-hybridized carbons (Fsp3) is 0.619. The van der Waals surface area contributed by atoms with Gasteiger partial charge < -0.3 is 19.9 Å². The Kier molecular flexibility index (Phi) is 7.54. The topological polar surface area (TPSA) is 65.1 Å². The third-order valence-electron chi connectivity index (χ3n) is 5.49. The quantitative estimate of drug-likeness (QED) is 0.681. The molecule has 0 bridgehead atoms. The smallest absolute Gasteiger partial charge is 0.234 e. The van der Waals surface area contributed by atoms with Gasteiger partial charge in [0.05, 0.1) is 13.7 Å². The first-order valence-electron chi connectivity index (χ1n) is 10.3. The van der Waals surface area contributed by atoms with Crippen LogP contribution < -0.4 is 15.0 Å². The zero-order valence-electron chi connectivity index (χ0n) is 16.9. The van der Waals surface area contributed by atoms with Crippen molar-refractivity contribution in [2.75, 3.05) is 64.4 Å². The molecule has 0 saturated carbocycles. The number of nitrogens with one attached hydrogen (secondary N) is 1. The summed E-state index contributed by atoms with van der Waals surface area (Å²) in [5.74, 6) is 1.19. The third-order valence-corrected chi connectivity index (χ3v) is 5.49. The van der Waals surface area contributed by atoms with E-state index in [9.17, 15) is 9.59 Å². The SMILES string of the molecule is COc1ccc(N2CCCN(CC(=O)NCCCN3CCCC3=O)CC2)cc1. The summed E-state index contributed by atoms with van der Waals surface area (Å²) >= 11 is 0. The van der Waals surface area contributed by atoms with E-state index < -0.39 is 0 Å². The highest BCUT2D eigenvalue weighted by Gasteiger charge is 2.20. The fourth-order valence-corrected chi connectivity index (χ4v) is 3.88. The summed E-state index contributed by atoms with van der Waals surface area (Å²) in [7, 11) is 1.68. The predicted molar refractivity (Wildman–Crippen MR) is 110 cm³/mol. The van der Waals surface area contributed by atoms with Gasteiger partial charge in [-0.25, -0.2) is 0 Å². The molecule has 3 rings (SSSR count). The van der Waals surface area contributed by atoms with Crippen molar-refractivity contribution < 1.29 is 14.3 Å². The monoisotopic (exact) mass is 388 g/mol. The van der Waals surface area contributed by atoms with E-state index >= 15 is 0 Å². The molecule has 1 aromatic rings. The van der Waals surface area contributed by atoms with Crippen LogP contribution in [0.15, 0.2) is 24.3 Å². The second kappa shape index (κ2) is 10.3. The summed E-state index contributed by atoms with van der Waals surface area (Å²) in [6.07, 6.45) is 3.50. The maximum Gasteiger partial charge on any atom is 0.234 e. The first-order valence-corrected chi connectivity index (χ1v) is 10.3. The number of hydrogen-bond donors (Lipinski definition) is 1. The molecule has 154 valence electrons. The first kappa shape index (κ1) is 20.5. The molecule has 0 unspecified atom stereocenters. The van der Waals surface area contributed by atoms with Gasteiger partial charge in [-0.05, 0) is 43.5 Å². The van der Waals surface area contributed by atoms with Gasteiger partial charge in [0.15, 0.2) is 0 Å². The Hall–Kier alpha value is -2.28. The molecule has 1 N–H and O–H groups in total. The Morgan fingerprint density at radius 2 is 1.89 bits per heavy atom. The molecule has 7 heteroatoms. The van der Waals surface area contributed by atoms with Crippen molar-refractivity contribution in [1.29, 1.82) is 0 Å². The van der Waals surface area contributed by atoms with Crippen LogP contribution in [0.5, 0.6) is 5.75 Å². The molecule has 2 heterocycles. The van der Waals surface area contributed by atoms with Crippen LogP contribution in [0.2, 0.25) is 0 Å². The molecule has 0 aromatic heterocycles. The zero-order chi connectivity index (χ0) is 19.8. The van der Waals surface area contributed by atoms with Gasteiger partial charge in [0.2, 0.25) is 11.8 Å². The van der Waals surface area contributed by atoms with Gasteiger partial charge in [-0.2, -0.15) is 0 Å². The highest BCUT2D eigenvalue weighted by Crippen LogP contribution is 2.20. The molecule has 7 nitrogen and oxygen atoms in total. The second-order valence-electron chi connectivity index (χ2n) is 7.50. The standard InChI is InChI=1S/C21H32N4O3/c1-28-19-8-6-18(7-9-19)24-14-4-11-23(15-16-24)17-20(26)22-10-3-13-25-12-2-5-21(25)27/h6-9H,2-5,10-17H2,1H3,(H,22,26). The molecule has 0 atom stereocenters. The molecule has 2 aliphatic heterocycles. The van der Waals surface area contributed by atoms with Crippen LogP contribution in [-0.2, 0) is 9.59 Å². The third kappa shape index (κ3) is 5.86. The highest BCUT2D eigenvalue weighted by molar-refractivity contribution is 5.78. The average Bonchev–Trinajstić information content (AvgIpc) is 2.97. The summed E-state index contributed by atoms with van der Waals surface area (Å²) in [6, 6.07) is 8.15. The van der Waals surface area contributed by atoms with Gasteiger partial charge in [-0.15, -0.1) is 0 Å². The number of likely N-dealkylation sites (tertiary alicyclic amines) is 1. The van der Waals surface area contributed by atoms with Crippen molar-refractivity contribution in [2.45, 2.75) is 25.7 Å². The van der Waals surface area contributed by atoms with Crippen molar-refractivity contribution in [1.82, 2.24) is 15.1 Å². The Morgan fingerprint density at radius 3 is 2.61 bits per heavy atom. The van der Waals surface area contributed by atoms with E-state index in [1.165, 1.54) is 5.69 Å². The van der Waals surface area contributed by atoms with Crippen molar-refractivity contribution in [3.8, 4) is 5.75 Å². The number of amides is 2. The lowest BCUT2D eigenvalue weighted by Gasteiger charge is -2.23. The van der Waals surface area contributed by atoms with Crippen LogP contribution in [0.1, 0.15) is 25.7 Å². The summed E-state index contributed by atoms with van der Waals surface area (Å²) in [6.45, 7) is 6.41. The van der Waals surface area contributed by atoms with Gasteiger partial charge >= 0.3 is 0 Å². The highest BCUT2D eigenvalue weighted by atomic mass is 16.5. The van der Waals surface area contributed by atoms with Crippen LogP contribution in [-0.4, -0.2) is 81.1 Å². The van der Waals surface area contributed by atoms with E-state index in [0.717, 1.165) is 64.3 Å². The van der Waals surface area contributed by atoms with Crippen LogP contribution in [0.25, 0.3) is 0 Å². The van der Waals surface area contributed by atoms with E-state index in [0.29, 0.717) is 19.5 Å². The maximum atomic E-state index is 12.2. The first-order chi connectivity index (χ1) is 13.7. The number of carbonyl (C=O) groups is 2. The van der Waals surface area contributed by atoms with Crippen molar-refractivity contribution in [3.63, 3.8) is 0 Å². The van der Waals surface area contributed by atoms with Gasteiger partial charge in [0, 0.05) is 57.9 Å². The Bertz CT molecular complexity index is 650. The summed E-state index contributed by atoms with van der Waals surface area (Å²) in [4.78, 5) is 30.3. The van der Waals surface area contributed by atoms with E-state index in [4.69, 9.17) is 4.74 Å². The van der Waals surface area contributed by atoms with Crippen molar-refractivity contribution in [2.24, 2.45) is 0 Å². The predicted octanol–water partition coefficient (Wildman–Crippen LogP) is 1.34. The minimum Gasteiger partial charge on any atom is -0.497 e. The molecule has 2 amide bonds. The number of ether oxygens (including phenoxy) is 1. The minimum absolute atomic E-state index is 0.0747. The summed E-state index contributed by atoms with van der Waals surface area (Å²) in [5.41, 5.74) is 1.20. The lowest BCUT2D eigenvalue weighted by atomic mass is 10.2. The minimum atomic E-state index is 0.0747. The maximum absolute atomic E-state index is 12.2. The number of methoxy groups -OCH3 is 1. The number of rotatable bonds is 8. The number of anilines is 1. The van der Waals surface area contributed by atoms with Gasteiger partial charge in [0.1, 0.15) is 5.75 Å². The zero-order valence-corrected chi connectivity index (χ0v) is 16.9. The Morgan fingerprint density at radius 1 is 1.07 bits per heavy atom. The molecule has 2 aliphatic rings. The molecule has 2 fully saturated rings. The van der Waals surface area contributed by atoms with E-state index in [1.54, 1.807) is 7.11 Å². The summed E-state index contributed by atoms with van der Waals surface area (Å²) in [5, 5.41) is 3.00. The molecule has 0 aliphatic carbocycles. The van der Waals surface area contributed by atoms with Crippen LogP contribution >= 0.6 is 0 Å². The molecule has 0 spiro atoms. The molecular formula is C21H32N4O3. The lowest BCUT2D eigenvalue weighted by Crippen LogP contribution is -2.40. The normalized spacial score (nSPS) is 18.2. The van der Waals surface area contributed by atoms with Crippen LogP contribution in [0, 0.1) is 0 Å². The average molecular weight is 389 g/mol. The molecule has 0 radical (unpaired) electrons. The number of carbonyl (C=O) groups excluding carboxylic acids is 2. The van der Waals surface area contributed by atoms with Gasteiger partial charge in [-0.3, -0.25) is 14.5 Å². The fourth-order valence-electron chi connectivity index (χ4n) is 3.88.